The number of aliphatic hydroxyl groups is 1. The molecular weight excluding hydrogens is 378 g/mol. The van der Waals surface area contributed by atoms with Gasteiger partial charge in [0, 0.05) is 6.54 Å². The molecule has 0 saturated carbocycles. The molecule has 3 aromatic carbocycles. The zero-order valence-corrected chi connectivity index (χ0v) is 16.9. The van der Waals surface area contributed by atoms with E-state index in [9.17, 15) is 14.7 Å². The minimum atomic E-state index is -1.94. The molecule has 0 bridgehead atoms. The average Bonchev–Trinajstić information content (AvgIpc) is 2.79. The molecule has 30 heavy (non-hydrogen) atoms. The maximum absolute atomic E-state index is 13.8. The first-order valence-corrected chi connectivity index (χ1v) is 9.88. The Labute approximate surface area is 176 Å². The number of carbonyl (C=O) groups excluding carboxylic acids is 2. The van der Waals surface area contributed by atoms with Crippen LogP contribution in [0.25, 0.3) is 0 Å². The highest BCUT2D eigenvalue weighted by molar-refractivity contribution is 5.92. The van der Waals surface area contributed by atoms with Crippen molar-refractivity contribution in [1.82, 2.24) is 4.90 Å². The zero-order valence-electron chi connectivity index (χ0n) is 16.9. The van der Waals surface area contributed by atoms with Gasteiger partial charge in [-0.1, -0.05) is 91.0 Å². The number of hydrogen-bond donors (Lipinski definition) is 1. The van der Waals surface area contributed by atoms with Crippen LogP contribution < -0.4 is 0 Å². The van der Waals surface area contributed by atoms with Crippen LogP contribution in [0, 0.1) is 0 Å². The molecule has 154 valence electrons. The number of hydrogen-bond acceptors (Lipinski definition) is 4. The Hall–Kier alpha value is -3.44. The Balaban J connectivity index is 2.04. The van der Waals surface area contributed by atoms with Gasteiger partial charge in [0.2, 0.25) is 0 Å². The molecule has 0 aliphatic carbocycles. The second kappa shape index (κ2) is 9.85. The summed E-state index contributed by atoms with van der Waals surface area (Å²) < 4.78 is 5.07. The normalized spacial score (nSPS) is 11.0. The van der Waals surface area contributed by atoms with Crippen LogP contribution in [-0.2, 0) is 26.5 Å². The molecule has 0 aromatic heterocycles. The van der Waals surface area contributed by atoms with Crippen molar-refractivity contribution in [1.29, 1.82) is 0 Å². The molecule has 0 atom stereocenters. The van der Waals surface area contributed by atoms with E-state index < -0.39 is 17.5 Å². The second-order valence-corrected chi connectivity index (χ2v) is 6.89. The summed E-state index contributed by atoms with van der Waals surface area (Å²) >= 11 is 0. The van der Waals surface area contributed by atoms with Crippen LogP contribution in [0.2, 0.25) is 0 Å². The van der Waals surface area contributed by atoms with E-state index in [1.807, 2.05) is 42.5 Å². The van der Waals surface area contributed by atoms with Crippen LogP contribution in [0.3, 0.4) is 0 Å². The monoisotopic (exact) mass is 403 g/mol. The standard InChI is InChI=1S/C25H25NO4/c1-2-30-23(27)19-26(18-20-12-6-3-7-13-20)24(28)25(29,21-14-8-4-9-15-21)22-16-10-5-11-17-22/h3-17,29H,2,18-19H2,1H3. The molecule has 0 aliphatic rings. The lowest BCUT2D eigenvalue weighted by atomic mass is 9.85. The van der Waals surface area contributed by atoms with Crippen LogP contribution in [0.4, 0.5) is 0 Å². The molecule has 3 rings (SSSR count). The van der Waals surface area contributed by atoms with Crippen molar-refractivity contribution in [3.8, 4) is 0 Å². The Bertz CT molecular complexity index is 919. The largest absolute Gasteiger partial charge is 0.465 e. The van der Waals surface area contributed by atoms with Gasteiger partial charge in [0.05, 0.1) is 6.61 Å². The van der Waals surface area contributed by atoms with Gasteiger partial charge in [-0.3, -0.25) is 9.59 Å². The van der Waals surface area contributed by atoms with E-state index in [4.69, 9.17) is 4.74 Å². The topological polar surface area (TPSA) is 66.8 Å². The van der Waals surface area contributed by atoms with Crippen molar-refractivity contribution >= 4 is 11.9 Å². The van der Waals surface area contributed by atoms with Crippen LogP contribution >= 0.6 is 0 Å². The molecule has 0 unspecified atom stereocenters. The van der Waals surface area contributed by atoms with Crippen molar-refractivity contribution in [3.63, 3.8) is 0 Å². The fourth-order valence-corrected chi connectivity index (χ4v) is 3.37. The summed E-state index contributed by atoms with van der Waals surface area (Å²) in [7, 11) is 0. The van der Waals surface area contributed by atoms with Crippen molar-refractivity contribution in [2.75, 3.05) is 13.2 Å². The van der Waals surface area contributed by atoms with Crippen molar-refractivity contribution in [2.45, 2.75) is 19.1 Å². The summed E-state index contributed by atoms with van der Waals surface area (Å²) in [5.74, 6) is -1.11. The summed E-state index contributed by atoms with van der Waals surface area (Å²) in [6.45, 7) is 1.84. The Morgan fingerprint density at radius 1 is 0.833 bits per heavy atom. The highest BCUT2D eigenvalue weighted by Gasteiger charge is 2.43. The molecule has 0 aliphatic heterocycles. The number of nitrogens with zero attached hydrogens (tertiary/aromatic N) is 1. The van der Waals surface area contributed by atoms with Gasteiger partial charge in [-0.25, -0.2) is 0 Å². The zero-order chi connectivity index (χ0) is 21.4. The first-order chi connectivity index (χ1) is 14.6. The fraction of sp³-hybridized carbons (Fsp3) is 0.200. The summed E-state index contributed by atoms with van der Waals surface area (Å²) in [5, 5.41) is 11.8. The van der Waals surface area contributed by atoms with Crippen molar-refractivity contribution in [2.24, 2.45) is 0 Å². The van der Waals surface area contributed by atoms with Gasteiger partial charge >= 0.3 is 5.97 Å². The molecule has 3 aromatic rings. The number of ether oxygens (including phenoxy) is 1. The lowest BCUT2D eigenvalue weighted by molar-refractivity contribution is -0.156. The third-order valence-electron chi connectivity index (χ3n) is 4.82. The Kier molecular flexibility index (Phi) is 6.99. The quantitative estimate of drug-likeness (QED) is 0.585. The van der Waals surface area contributed by atoms with E-state index >= 15 is 0 Å². The lowest BCUT2D eigenvalue weighted by Gasteiger charge is -2.34. The minimum absolute atomic E-state index is 0.167. The second-order valence-electron chi connectivity index (χ2n) is 6.89. The molecule has 1 N–H and O–H groups in total. The summed E-state index contributed by atoms with van der Waals surface area (Å²) in [6.07, 6.45) is 0. The van der Waals surface area contributed by atoms with Crippen molar-refractivity contribution in [3.05, 3.63) is 108 Å². The maximum Gasteiger partial charge on any atom is 0.325 e. The van der Waals surface area contributed by atoms with Gasteiger partial charge in [0.25, 0.3) is 5.91 Å². The van der Waals surface area contributed by atoms with Gasteiger partial charge in [-0.05, 0) is 23.6 Å². The van der Waals surface area contributed by atoms with Crippen LogP contribution in [0.1, 0.15) is 23.6 Å². The van der Waals surface area contributed by atoms with Crippen LogP contribution in [0.5, 0.6) is 0 Å². The third-order valence-corrected chi connectivity index (χ3v) is 4.82. The molecule has 5 heteroatoms. The number of amides is 1. The Morgan fingerprint density at radius 3 is 1.77 bits per heavy atom. The Morgan fingerprint density at radius 2 is 1.30 bits per heavy atom. The number of carbonyl (C=O) groups is 2. The summed E-state index contributed by atoms with van der Waals surface area (Å²) in [5.41, 5.74) is -0.228. The first kappa shape index (κ1) is 21.3. The molecule has 0 spiro atoms. The highest BCUT2D eigenvalue weighted by atomic mass is 16.5. The smallest absolute Gasteiger partial charge is 0.325 e. The molecule has 0 radical (unpaired) electrons. The van der Waals surface area contributed by atoms with Crippen molar-refractivity contribution < 1.29 is 19.4 Å². The third kappa shape index (κ3) is 4.75. The van der Waals surface area contributed by atoms with Crippen LogP contribution in [0.15, 0.2) is 91.0 Å². The predicted molar refractivity (Wildman–Crippen MR) is 114 cm³/mol. The minimum Gasteiger partial charge on any atom is -0.465 e. The number of benzene rings is 3. The van der Waals surface area contributed by atoms with E-state index in [1.54, 1.807) is 55.5 Å². The molecule has 5 nitrogen and oxygen atoms in total. The van der Waals surface area contributed by atoms with Gasteiger partial charge in [-0.15, -0.1) is 0 Å². The first-order valence-electron chi connectivity index (χ1n) is 9.88. The van der Waals surface area contributed by atoms with E-state index in [2.05, 4.69) is 0 Å². The molecular formula is C25H25NO4. The van der Waals surface area contributed by atoms with E-state index in [1.165, 1.54) is 4.90 Å². The number of rotatable bonds is 8. The van der Waals surface area contributed by atoms with Gasteiger partial charge < -0.3 is 14.7 Å². The van der Waals surface area contributed by atoms with Gasteiger partial charge in [0.15, 0.2) is 5.60 Å². The fourth-order valence-electron chi connectivity index (χ4n) is 3.37. The molecule has 0 heterocycles. The van der Waals surface area contributed by atoms with E-state index in [-0.39, 0.29) is 19.7 Å². The maximum atomic E-state index is 13.8. The summed E-state index contributed by atoms with van der Waals surface area (Å²) in [6, 6.07) is 26.9. The van der Waals surface area contributed by atoms with Gasteiger partial charge in [-0.2, -0.15) is 0 Å². The molecule has 1 amide bonds. The average molecular weight is 403 g/mol. The van der Waals surface area contributed by atoms with Gasteiger partial charge in [0.1, 0.15) is 6.54 Å². The number of esters is 1. The van der Waals surface area contributed by atoms with E-state index in [0.717, 1.165) is 5.56 Å². The van der Waals surface area contributed by atoms with Crippen LogP contribution in [-0.4, -0.2) is 35.0 Å². The molecule has 0 fully saturated rings. The summed E-state index contributed by atoms with van der Waals surface area (Å²) in [4.78, 5) is 27.4. The van der Waals surface area contributed by atoms with E-state index in [0.29, 0.717) is 11.1 Å². The highest BCUT2D eigenvalue weighted by Crippen LogP contribution is 2.32. The lowest BCUT2D eigenvalue weighted by Crippen LogP contribution is -2.49. The SMILES string of the molecule is CCOC(=O)CN(Cc1ccccc1)C(=O)C(O)(c1ccccc1)c1ccccc1. The predicted octanol–water partition coefficient (Wildman–Crippen LogP) is 3.51. The molecule has 0 saturated heterocycles.